The normalized spacial score (nSPS) is 11.8. The van der Waals surface area contributed by atoms with Crippen LogP contribution < -0.4 is 0 Å². The van der Waals surface area contributed by atoms with Gasteiger partial charge in [0.2, 0.25) is 0 Å². The molecule has 1 aromatic carbocycles. The quantitative estimate of drug-likeness (QED) is 0.810. The molecule has 0 N–H and O–H groups in total. The van der Waals surface area contributed by atoms with Gasteiger partial charge in [-0.25, -0.2) is 0 Å². The maximum Gasteiger partial charge on any atom is 0.187 e. The van der Waals surface area contributed by atoms with E-state index in [9.17, 15) is 10.1 Å². The lowest BCUT2D eigenvalue weighted by Crippen LogP contribution is -2.11. The van der Waals surface area contributed by atoms with Crippen molar-refractivity contribution in [1.82, 2.24) is 0 Å². The molecule has 0 saturated carbocycles. The Morgan fingerprint density at radius 2 is 2.00 bits per heavy atom. The highest BCUT2D eigenvalue weighted by molar-refractivity contribution is 9.10. The molecule has 90 valence electrons. The molecule has 0 aliphatic heterocycles. The number of ketones is 1. The van der Waals surface area contributed by atoms with E-state index in [0.29, 0.717) is 16.9 Å². The van der Waals surface area contributed by atoms with Gasteiger partial charge in [0.1, 0.15) is 11.7 Å². The predicted octanol–water partition coefficient (Wildman–Crippen LogP) is 3.84. The van der Waals surface area contributed by atoms with Crippen molar-refractivity contribution in [3.63, 3.8) is 0 Å². The van der Waals surface area contributed by atoms with Gasteiger partial charge in [-0.15, -0.1) is 0 Å². The first-order chi connectivity index (χ1) is 8.63. The van der Waals surface area contributed by atoms with Crippen LogP contribution in [0.4, 0.5) is 0 Å². The van der Waals surface area contributed by atoms with Gasteiger partial charge >= 0.3 is 0 Å². The summed E-state index contributed by atoms with van der Waals surface area (Å²) in [5.41, 5.74) is 1.15. The summed E-state index contributed by atoms with van der Waals surface area (Å²) >= 11 is 3.32. The highest BCUT2D eigenvalue weighted by atomic mass is 79.9. The fourth-order valence-electron chi connectivity index (χ4n) is 1.74. The van der Waals surface area contributed by atoms with E-state index >= 15 is 0 Å². The Balaban J connectivity index is 2.36. The average molecular weight is 304 g/mol. The number of furan rings is 1. The molecule has 0 fully saturated rings. The summed E-state index contributed by atoms with van der Waals surface area (Å²) in [6.07, 6.45) is 1.46. The van der Waals surface area contributed by atoms with Crippen molar-refractivity contribution >= 4 is 21.7 Å². The summed E-state index contributed by atoms with van der Waals surface area (Å²) in [6.45, 7) is 1.71. The molecule has 0 aliphatic rings. The maximum atomic E-state index is 12.2. The van der Waals surface area contributed by atoms with Crippen LogP contribution in [0.5, 0.6) is 0 Å². The van der Waals surface area contributed by atoms with E-state index in [-0.39, 0.29) is 5.78 Å². The van der Waals surface area contributed by atoms with E-state index in [1.165, 1.54) is 6.26 Å². The van der Waals surface area contributed by atoms with Gasteiger partial charge in [0.25, 0.3) is 0 Å². The highest BCUT2D eigenvalue weighted by Crippen LogP contribution is 2.24. The van der Waals surface area contributed by atoms with Crippen LogP contribution in [0.15, 0.2) is 45.5 Å². The standard InChI is InChI=1S/C14H10BrNO2/c1-9-12(6-7-18-9)14(17)13(8-16)10-2-4-11(15)5-3-10/h2-7,13H,1H3. The SMILES string of the molecule is Cc1occc1C(=O)C(C#N)c1ccc(Br)cc1. The molecule has 1 unspecified atom stereocenters. The largest absolute Gasteiger partial charge is 0.469 e. The lowest BCUT2D eigenvalue weighted by atomic mass is 9.92. The molecule has 0 saturated heterocycles. The Kier molecular flexibility index (Phi) is 3.63. The molecule has 3 nitrogen and oxygen atoms in total. The van der Waals surface area contributed by atoms with Crippen LogP contribution in [0.25, 0.3) is 0 Å². The summed E-state index contributed by atoms with van der Waals surface area (Å²) in [5.74, 6) is -0.488. The van der Waals surface area contributed by atoms with Crippen LogP contribution >= 0.6 is 15.9 Å². The number of nitrogens with zero attached hydrogens (tertiary/aromatic N) is 1. The fourth-order valence-corrected chi connectivity index (χ4v) is 2.00. The van der Waals surface area contributed by atoms with Gasteiger partial charge in [-0.05, 0) is 30.7 Å². The number of carbonyl (C=O) groups excluding carboxylic acids is 1. The minimum absolute atomic E-state index is 0.230. The molecule has 0 radical (unpaired) electrons. The van der Waals surface area contributed by atoms with Gasteiger partial charge in [-0.3, -0.25) is 4.79 Å². The fraction of sp³-hybridized carbons (Fsp3) is 0.143. The topological polar surface area (TPSA) is 54.0 Å². The molecule has 1 atom stereocenters. The van der Waals surface area contributed by atoms with E-state index in [1.807, 2.05) is 18.2 Å². The first kappa shape index (κ1) is 12.6. The Hall–Kier alpha value is -1.86. The molecule has 0 bridgehead atoms. The smallest absolute Gasteiger partial charge is 0.187 e. The number of nitriles is 1. The third-order valence-electron chi connectivity index (χ3n) is 2.72. The number of halogens is 1. The Labute approximate surface area is 113 Å². The first-order valence-electron chi connectivity index (χ1n) is 5.37. The monoisotopic (exact) mass is 303 g/mol. The number of hydrogen-bond donors (Lipinski definition) is 0. The molecule has 0 spiro atoms. The number of rotatable bonds is 3. The second-order valence-corrected chi connectivity index (χ2v) is 4.78. The zero-order chi connectivity index (χ0) is 13.1. The first-order valence-corrected chi connectivity index (χ1v) is 6.16. The van der Waals surface area contributed by atoms with E-state index in [0.717, 1.165) is 4.47 Å². The van der Waals surface area contributed by atoms with Gasteiger partial charge < -0.3 is 4.42 Å². The third kappa shape index (κ3) is 2.36. The maximum absolute atomic E-state index is 12.2. The highest BCUT2D eigenvalue weighted by Gasteiger charge is 2.24. The molecule has 4 heteroatoms. The summed E-state index contributed by atoms with van der Waals surface area (Å²) in [4.78, 5) is 12.2. The van der Waals surface area contributed by atoms with Crippen LogP contribution in [0.2, 0.25) is 0 Å². The lowest BCUT2D eigenvalue weighted by Gasteiger charge is -2.07. The summed E-state index contributed by atoms with van der Waals surface area (Å²) in [7, 11) is 0. The van der Waals surface area contributed by atoms with Crippen LogP contribution in [-0.4, -0.2) is 5.78 Å². The number of Topliss-reactive ketones (excluding diaryl/α,β-unsaturated/α-hetero) is 1. The number of benzene rings is 1. The van der Waals surface area contributed by atoms with E-state index < -0.39 is 5.92 Å². The number of hydrogen-bond acceptors (Lipinski definition) is 3. The van der Waals surface area contributed by atoms with Crippen LogP contribution in [0, 0.1) is 18.3 Å². The molecule has 2 rings (SSSR count). The Bertz CT molecular complexity index is 607. The summed E-state index contributed by atoms with van der Waals surface area (Å²) < 4.78 is 6.01. The second-order valence-electron chi connectivity index (χ2n) is 3.87. The summed E-state index contributed by atoms with van der Waals surface area (Å²) in [6, 6.07) is 10.8. The minimum Gasteiger partial charge on any atom is -0.469 e. The third-order valence-corrected chi connectivity index (χ3v) is 3.25. The molecular weight excluding hydrogens is 294 g/mol. The van der Waals surface area contributed by atoms with E-state index in [1.54, 1.807) is 25.1 Å². The number of carbonyl (C=O) groups is 1. The Morgan fingerprint density at radius 1 is 1.33 bits per heavy atom. The van der Waals surface area contributed by atoms with Crippen molar-refractivity contribution in [2.45, 2.75) is 12.8 Å². The minimum atomic E-state index is -0.797. The van der Waals surface area contributed by atoms with Gasteiger partial charge in [0.05, 0.1) is 17.9 Å². The zero-order valence-electron chi connectivity index (χ0n) is 9.68. The molecular formula is C14H10BrNO2. The van der Waals surface area contributed by atoms with Crippen molar-refractivity contribution in [3.05, 3.63) is 58.0 Å². The van der Waals surface area contributed by atoms with Crippen LogP contribution in [0.1, 0.15) is 27.6 Å². The molecule has 0 amide bonds. The molecule has 1 aromatic heterocycles. The van der Waals surface area contributed by atoms with Gasteiger partial charge in [0.15, 0.2) is 5.78 Å². The van der Waals surface area contributed by atoms with Crippen molar-refractivity contribution < 1.29 is 9.21 Å². The van der Waals surface area contributed by atoms with Gasteiger partial charge in [-0.1, -0.05) is 28.1 Å². The van der Waals surface area contributed by atoms with Crippen molar-refractivity contribution in [2.24, 2.45) is 0 Å². The van der Waals surface area contributed by atoms with Crippen LogP contribution in [-0.2, 0) is 0 Å². The lowest BCUT2D eigenvalue weighted by molar-refractivity contribution is 0.0977. The molecule has 18 heavy (non-hydrogen) atoms. The summed E-state index contributed by atoms with van der Waals surface area (Å²) in [5, 5.41) is 9.20. The molecule has 0 aliphatic carbocycles. The number of aryl methyl sites for hydroxylation is 1. The predicted molar refractivity (Wildman–Crippen MR) is 70.3 cm³/mol. The van der Waals surface area contributed by atoms with Crippen LogP contribution in [0.3, 0.4) is 0 Å². The van der Waals surface area contributed by atoms with Gasteiger partial charge in [0, 0.05) is 4.47 Å². The second kappa shape index (κ2) is 5.19. The van der Waals surface area contributed by atoms with Crippen molar-refractivity contribution in [1.29, 1.82) is 5.26 Å². The average Bonchev–Trinajstić information content (AvgIpc) is 2.78. The van der Waals surface area contributed by atoms with Gasteiger partial charge in [-0.2, -0.15) is 5.26 Å². The Morgan fingerprint density at radius 3 is 2.50 bits per heavy atom. The van der Waals surface area contributed by atoms with E-state index in [4.69, 9.17) is 4.42 Å². The molecule has 1 heterocycles. The van der Waals surface area contributed by atoms with Crippen molar-refractivity contribution in [2.75, 3.05) is 0 Å². The molecule has 2 aromatic rings. The van der Waals surface area contributed by atoms with Crippen molar-refractivity contribution in [3.8, 4) is 6.07 Å². The van der Waals surface area contributed by atoms with E-state index in [2.05, 4.69) is 15.9 Å². The zero-order valence-corrected chi connectivity index (χ0v) is 11.3.